The van der Waals surface area contributed by atoms with Crippen molar-refractivity contribution in [3.8, 4) is 11.5 Å². The Morgan fingerprint density at radius 2 is 1.75 bits per heavy atom. The molecule has 1 atom stereocenters. The highest BCUT2D eigenvalue weighted by Crippen LogP contribution is 2.22. The van der Waals surface area contributed by atoms with E-state index in [2.05, 4.69) is 0 Å². The topological polar surface area (TPSA) is 69.4 Å². The smallest absolute Gasteiger partial charge is 0.230 e. The molecule has 2 rings (SSSR count). The summed E-state index contributed by atoms with van der Waals surface area (Å²) < 4.78 is 17.4. The van der Waals surface area contributed by atoms with Crippen LogP contribution in [-0.4, -0.2) is 15.9 Å². The monoisotopic (exact) mass is 289 g/mol. The minimum absolute atomic E-state index is 0.121. The minimum Gasteiger partial charge on any atom is -0.457 e. The number of hydrogen-bond donors (Lipinski definition) is 1. The van der Waals surface area contributed by atoms with Crippen molar-refractivity contribution in [1.82, 2.24) is 0 Å². The van der Waals surface area contributed by atoms with Gasteiger partial charge < -0.3 is 10.5 Å². The summed E-state index contributed by atoms with van der Waals surface area (Å²) in [4.78, 5) is 10.7. The Kier molecular flexibility index (Phi) is 4.90. The van der Waals surface area contributed by atoms with Crippen LogP contribution in [0.4, 0.5) is 0 Å². The van der Waals surface area contributed by atoms with Gasteiger partial charge in [0, 0.05) is 16.6 Å². The van der Waals surface area contributed by atoms with Gasteiger partial charge in [0.05, 0.1) is 0 Å². The molecule has 0 heterocycles. The van der Waals surface area contributed by atoms with Crippen LogP contribution in [0.1, 0.15) is 5.56 Å². The van der Waals surface area contributed by atoms with Gasteiger partial charge in [-0.2, -0.15) is 0 Å². The zero-order valence-electron chi connectivity index (χ0n) is 10.8. The molecule has 2 aromatic carbocycles. The van der Waals surface area contributed by atoms with Crippen molar-refractivity contribution in [2.75, 3.05) is 5.75 Å². The maximum Gasteiger partial charge on any atom is 0.230 e. The van der Waals surface area contributed by atoms with Crippen molar-refractivity contribution in [2.45, 2.75) is 5.75 Å². The van der Waals surface area contributed by atoms with E-state index in [1.807, 2.05) is 54.6 Å². The van der Waals surface area contributed by atoms with E-state index in [4.69, 9.17) is 10.5 Å². The molecule has 0 bridgehead atoms. The Morgan fingerprint density at radius 3 is 2.45 bits per heavy atom. The molecule has 20 heavy (non-hydrogen) atoms. The molecule has 104 valence electrons. The van der Waals surface area contributed by atoms with Crippen LogP contribution in [0.3, 0.4) is 0 Å². The van der Waals surface area contributed by atoms with Gasteiger partial charge >= 0.3 is 0 Å². The van der Waals surface area contributed by atoms with E-state index in [1.54, 1.807) is 0 Å². The van der Waals surface area contributed by atoms with E-state index in [1.165, 1.54) is 0 Å². The third kappa shape index (κ3) is 4.51. The summed E-state index contributed by atoms with van der Waals surface area (Å²) in [6.07, 6.45) is 0. The second kappa shape index (κ2) is 6.86. The normalized spacial score (nSPS) is 11.8. The summed E-state index contributed by atoms with van der Waals surface area (Å²) in [5.41, 5.74) is 5.87. The van der Waals surface area contributed by atoms with Gasteiger partial charge in [0.1, 0.15) is 17.3 Å². The van der Waals surface area contributed by atoms with Gasteiger partial charge in [-0.3, -0.25) is 9.00 Å². The van der Waals surface area contributed by atoms with Crippen LogP contribution in [0.2, 0.25) is 0 Å². The lowest BCUT2D eigenvalue weighted by molar-refractivity contribution is -0.115. The van der Waals surface area contributed by atoms with E-state index in [0.717, 1.165) is 11.3 Å². The zero-order valence-corrected chi connectivity index (χ0v) is 11.6. The quantitative estimate of drug-likeness (QED) is 0.886. The van der Waals surface area contributed by atoms with Gasteiger partial charge in [0.25, 0.3) is 0 Å². The van der Waals surface area contributed by atoms with Crippen molar-refractivity contribution >= 4 is 16.7 Å². The molecule has 0 aliphatic heterocycles. The molecule has 0 aliphatic carbocycles. The molecule has 0 saturated heterocycles. The van der Waals surface area contributed by atoms with Crippen LogP contribution >= 0.6 is 0 Å². The number of rotatable bonds is 6. The van der Waals surface area contributed by atoms with E-state index in [-0.39, 0.29) is 11.5 Å². The first-order chi connectivity index (χ1) is 9.63. The largest absolute Gasteiger partial charge is 0.457 e. The van der Waals surface area contributed by atoms with Gasteiger partial charge in [-0.05, 0) is 29.8 Å². The highest BCUT2D eigenvalue weighted by Gasteiger charge is 2.06. The first-order valence-corrected chi connectivity index (χ1v) is 7.57. The fraction of sp³-hybridized carbons (Fsp3) is 0.133. The summed E-state index contributed by atoms with van der Waals surface area (Å²) in [5, 5.41) is 0. The molecule has 1 amide bonds. The number of hydrogen-bond acceptors (Lipinski definition) is 3. The Hall–Kier alpha value is -2.14. The first kappa shape index (κ1) is 14.3. The maximum atomic E-state index is 11.7. The fourth-order valence-electron chi connectivity index (χ4n) is 1.72. The third-order valence-electron chi connectivity index (χ3n) is 2.51. The minimum atomic E-state index is -1.29. The summed E-state index contributed by atoms with van der Waals surface area (Å²) in [6.45, 7) is 0. The molecule has 0 aromatic heterocycles. The van der Waals surface area contributed by atoms with Crippen LogP contribution in [0, 0.1) is 0 Å². The molecule has 0 aliphatic rings. The summed E-state index contributed by atoms with van der Waals surface area (Å²) in [6, 6.07) is 16.7. The molecule has 0 saturated carbocycles. The van der Waals surface area contributed by atoms with Crippen molar-refractivity contribution < 1.29 is 13.7 Å². The SMILES string of the molecule is NC(=O)C[S@](=O)Cc1cccc(Oc2ccccc2)c1. The van der Waals surface area contributed by atoms with Crippen LogP contribution in [-0.2, 0) is 21.3 Å². The summed E-state index contributed by atoms with van der Waals surface area (Å²) >= 11 is 0. The highest BCUT2D eigenvalue weighted by atomic mass is 32.2. The Labute approximate surface area is 120 Å². The lowest BCUT2D eigenvalue weighted by Gasteiger charge is -2.07. The summed E-state index contributed by atoms with van der Waals surface area (Å²) in [7, 11) is -1.29. The average molecular weight is 289 g/mol. The lowest BCUT2D eigenvalue weighted by atomic mass is 10.2. The molecule has 2 aromatic rings. The van der Waals surface area contributed by atoms with Crippen molar-refractivity contribution in [1.29, 1.82) is 0 Å². The summed E-state index contributed by atoms with van der Waals surface area (Å²) in [5.74, 6) is 1.02. The first-order valence-electron chi connectivity index (χ1n) is 6.08. The fourth-order valence-corrected chi connectivity index (χ4v) is 2.69. The van der Waals surface area contributed by atoms with E-state index < -0.39 is 16.7 Å². The lowest BCUT2D eigenvalue weighted by Crippen LogP contribution is -2.20. The molecule has 2 N–H and O–H groups in total. The average Bonchev–Trinajstić information content (AvgIpc) is 2.39. The molecular formula is C15H15NO3S. The predicted molar refractivity (Wildman–Crippen MR) is 78.9 cm³/mol. The number of benzene rings is 2. The molecule has 0 radical (unpaired) electrons. The number of para-hydroxylation sites is 1. The van der Waals surface area contributed by atoms with Crippen LogP contribution in [0.5, 0.6) is 11.5 Å². The molecule has 4 nitrogen and oxygen atoms in total. The highest BCUT2D eigenvalue weighted by molar-refractivity contribution is 7.84. The maximum absolute atomic E-state index is 11.7. The van der Waals surface area contributed by atoms with Crippen molar-refractivity contribution in [3.05, 3.63) is 60.2 Å². The van der Waals surface area contributed by atoms with Crippen LogP contribution in [0.25, 0.3) is 0 Å². The van der Waals surface area contributed by atoms with Gasteiger partial charge in [0.2, 0.25) is 5.91 Å². The second-order valence-corrected chi connectivity index (χ2v) is 5.71. The molecule has 0 spiro atoms. The van der Waals surface area contributed by atoms with Gasteiger partial charge in [-0.25, -0.2) is 0 Å². The number of primary amides is 1. The van der Waals surface area contributed by atoms with E-state index in [9.17, 15) is 9.00 Å². The Bertz CT molecular complexity index is 614. The standard InChI is InChI=1S/C15H15NO3S/c16-15(17)11-20(18)10-12-5-4-8-14(9-12)19-13-6-2-1-3-7-13/h1-9H,10-11H2,(H2,16,17)/t20-/m1/s1. The zero-order chi connectivity index (χ0) is 14.4. The molecule has 0 fully saturated rings. The van der Waals surface area contributed by atoms with Crippen LogP contribution < -0.4 is 10.5 Å². The number of amides is 1. The van der Waals surface area contributed by atoms with E-state index >= 15 is 0 Å². The number of nitrogens with two attached hydrogens (primary N) is 1. The van der Waals surface area contributed by atoms with Crippen LogP contribution in [0.15, 0.2) is 54.6 Å². The predicted octanol–water partition coefficient (Wildman–Crippen LogP) is 2.21. The Morgan fingerprint density at radius 1 is 1.05 bits per heavy atom. The molecule has 0 unspecified atom stereocenters. The second-order valence-electron chi connectivity index (χ2n) is 4.26. The van der Waals surface area contributed by atoms with Crippen molar-refractivity contribution in [3.63, 3.8) is 0 Å². The van der Waals surface area contributed by atoms with Gasteiger partial charge in [-0.1, -0.05) is 30.3 Å². The number of carbonyl (C=O) groups is 1. The number of ether oxygens (including phenoxy) is 1. The molecule has 5 heteroatoms. The van der Waals surface area contributed by atoms with Gasteiger partial charge in [-0.15, -0.1) is 0 Å². The third-order valence-corrected chi connectivity index (χ3v) is 3.77. The Balaban J connectivity index is 2.04. The van der Waals surface area contributed by atoms with Gasteiger partial charge in [0.15, 0.2) is 0 Å². The van der Waals surface area contributed by atoms with E-state index in [0.29, 0.717) is 5.75 Å². The number of carbonyl (C=O) groups excluding carboxylic acids is 1. The van der Waals surface area contributed by atoms with Crippen molar-refractivity contribution in [2.24, 2.45) is 5.73 Å². The molecular weight excluding hydrogens is 274 g/mol.